The Morgan fingerprint density at radius 2 is 2.24 bits per heavy atom. The standard InChI is InChI=1S/C16H24ClFN2O/c1-11(2)20-6-7-21-16(10-20)15(19-3)9-12-4-5-14(18)13(17)8-12/h4-5,8,11,15-16,19H,6-7,9-10H2,1-3H3. The minimum absolute atomic E-state index is 0.134. The molecule has 0 radical (unpaired) electrons. The molecule has 1 fully saturated rings. The smallest absolute Gasteiger partial charge is 0.141 e. The van der Waals surface area contributed by atoms with Gasteiger partial charge in [0.15, 0.2) is 0 Å². The molecule has 1 aliphatic heterocycles. The highest BCUT2D eigenvalue weighted by atomic mass is 35.5. The molecule has 1 N–H and O–H groups in total. The Labute approximate surface area is 131 Å². The molecule has 0 bridgehead atoms. The van der Waals surface area contributed by atoms with Gasteiger partial charge in [0.1, 0.15) is 5.82 Å². The van der Waals surface area contributed by atoms with Gasteiger partial charge in [-0.2, -0.15) is 0 Å². The molecule has 0 saturated carbocycles. The van der Waals surface area contributed by atoms with Crippen LogP contribution in [0.25, 0.3) is 0 Å². The largest absolute Gasteiger partial charge is 0.374 e. The van der Waals surface area contributed by atoms with Gasteiger partial charge in [0.2, 0.25) is 0 Å². The van der Waals surface area contributed by atoms with Crippen molar-refractivity contribution >= 4 is 11.6 Å². The van der Waals surface area contributed by atoms with Crippen molar-refractivity contribution in [3.8, 4) is 0 Å². The van der Waals surface area contributed by atoms with E-state index in [0.29, 0.717) is 6.04 Å². The Balaban J connectivity index is 2.03. The average molecular weight is 315 g/mol. The fraction of sp³-hybridized carbons (Fsp3) is 0.625. The van der Waals surface area contributed by atoms with Crippen LogP contribution in [0.15, 0.2) is 18.2 Å². The van der Waals surface area contributed by atoms with Gasteiger partial charge in [-0.15, -0.1) is 0 Å². The Hall–Kier alpha value is -0.680. The molecule has 1 aromatic rings. The van der Waals surface area contributed by atoms with E-state index in [2.05, 4.69) is 24.1 Å². The van der Waals surface area contributed by atoms with Crippen molar-refractivity contribution in [2.24, 2.45) is 0 Å². The van der Waals surface area contributed by atoms with Crippen LogP contribution in [0.4, 0.5) is 4.39 Å². The summed E-state index contributed by atoms with van der Waals surface area (Å²) in [6.45, 7) is 7.06. The monoisotopic (exact) mass is 314 g/mol. The summed E-state index contributed by atoms with van der Waals surface area (Å²) in [5, 5.41) is 3.50. The van der Waals surface area contributed by atoms with Gasteiger partial charge in [-0.3, -0.25) is 4.90 Å². The lowest BCUT2D eigenvalue weighted by Gasteiger charge is -2.39. The Morgan fingerprint density at radius 1 is 1.48 bits per heavy atom. The lowest BCUT2D eigenvalue weighted by Crippen LogP contribution is -2.53. The first kappa shape index (κ1) is 16.7. The van der Waals surface area contributed by atoms with Gasteiger partial charge in [-0.05, 0) is 45.0 Å². The van der Waals surface area contributed by atoms with E-state index < -0.39 is 0 Å². The lowest BCUT2D eigenvalue weighted by atomic mass is 9.99. The highest BCUT2D eigenvalue weighted by Crippen LogP contribution is 2.19. The van der Waals surface area contributed by atoms with Crippen LogP contribution < -0.4 is 5.32 Å². The third-order valence-electron chi connectivity index (χ3n) is 4.11. The van der Waals surface area contributed by atoms with Gasteiger partial charge in [-0.1, -0.05) is 17.7 Å². The number of nitrogens with zero attached hydrogens (tertiary/aromatic N) is 1. The molecule has 118 valence electrons. The molecule has 1 saturated heterocycles. The van der Waals surface area contributed by atoms with E-state index in [9.17, 15) is 4.39 Å². The third kappa shape index (κ3) is 4.39. The number of halogens is 2. The summed E-state index contributed by atoms with van der Waals surface area (Å²) in [6.07, 6.45) is 0.905. The van der Waals surface area contributed by atoms with E-state index in [-0.39, 0.29) is 23.0 Å². The zero-order chi connectivity index (χ0) is 15.4. The van der Waals surface area contributed by atoms with Crippen molar-refractivity contribution in [3.05, 3.63) is 34.6 Å². The van der Waals surface area contributed by atoms with Gasteiger partial charge in [0.05, 0.1) is 17.7 Å². The number of benzene rings is 1. The van der Waals surface area contributed by atoms with Crippen LogP contribution in [-0.2, 0) is 11.2 Å². The fourth-order valence-corrected chi connectivity index (χ4v) is 2.95. The summed E-state index contributed by atoms with van der Waals surface area (Å²) in [4.78, 5) is 2.43. The van der Waals surface area contributed by atoms with Crippen LogP contribution in [0.3, 0.4) is 0 Å². The van der Waals surface area contributed by atoms with Crippen LogP contribution in [0, 0.1) is 5.82 Å². The van der Waals surface area contributed by atoms with Crippen LogP contribution in [0.1, 0.15) is 19.4 Å². The van der Waals surface area contributed by atoms with Crippen LogP contribution in [-0.4, -0.2) is 49.8 Å². The van der Waals surface area contributed by atoms with E-state index in [1.807, 2.05) is 7.05 Å². The average Bonchev–Trinajstić information content (AvgIpc) is 2.48. The molecule has 2 rings (SSSR count). The molecule has 3 nitrogen and oxygen atoms in total. The Kier molecular flexibility index (Phi) is 5.99. The number of hydrogen-bond donors (Lipinski definition) is 1. The first-order chi connectivity index (χ1) is 10.0. The quantitative estimate of drug-likeness (QED) is 0.904. The minimum atomic E-state index is -0.374. The molecule has 1 aromatic carbocycles. The highest BCUT2D eigenvalue weighted by molar-refractivity contribution is 6.30. The lowest BCUT2D eigenvalue weighted by molar-refractivity contribution is -0.0541. The minimum Gasteiger partial charge on any atom is -0.374 e. The van der Waals surface area contributed by atoms with Crippen molar-refractivity contribution in [1.29, 1.82) is 0 Å². The SMILES string of the molecule is CNC(Cc1ccc(F)c(Cl)c1)C1CN(C(C)C)CCO1. The van der Waals surface area contributed by atoms with Crippen molar-refractivity contribution in [1.82, 2.24) is 10.2 Å². The first-order valence-corrected chi connectivity index (χ1v) is 7.86. The van der Waals surface area contributed by atoms with E-state index in [0.717, 1.165) is 31.7 Å². The number of nitrogens with one attached hydrogen (secondary N) is 1. The maximum atomic E-state index is 13.2. The first-order valence-electron chi connectivity index (χ1n) is 7.48. The third-order valence-corrected chi connectivity index (χ3v) is 4.40. The molecule has 21 heavy (non-hydrogen) atoms. The molecule has 0 aliphatic carbocycles. The van der Waals surface area contributed by atoms with Gasteiger partial charge >= 0.3 is 0 Å². The zero-order valence-corrected chi connectivity index (χ0v) is 13.7. The molecule has 2 atom stereocenters. The maximum Gasteiger partial charge on any atom is 0.141 e. The van der Waals surface area contributed by atoms with Crippen LogP contribution in [0.2, 0.25) is 5.02 Å². The predicted molar refractivity (Wildman–Crippen MR) is 84.4 cm³/mol. The number of likely N-dealkylation sites (N-methyl/N-ethyl adjacent to an activating group) is 1. The summed E-state index contributed by atoms with van der Waals surface area (Å²) >= 11 is 5.86. The molecule has 1 aliphatic rings. The molecule has 5 heteroatoms. The van der Waals surface area contributed by atoms with Crippen molar-refractivity contribution in [2.45, 2.75) is 38.5 Å². The van der Waals surface area contributed by atoms with Gasteiger partial charge < -0.3 is 10.1 Å². The van der Waals surface area contributed by atoms with Crippen LogP contribution in [0.5, 0.6) is 0 Å². The number of ether oxygens (including phenoxy) is 1. The number of hydrogen-bond acceptors (Lipinski definition) is 3. The van der Waals surface area contributed by atoms with Crippen LogP contribution >= 0.6 is 11.6 Å². The van der Waals surface area contributed by atoms with Crippen molar-refractivity contribution in [3.63, 3.8) is 0 Å². The zero-order valence-electron chi connectivity index (χ0n) is 12.9. The molecule has 0 spiro atoms. The predicted octanol–water partition coefficient (Wildman–Crippen LogP) is 2.72. The Morgan fingerprint density at radius 3 is 2.86 bits per heavy atom. The van der Waals surface area contributed by atoms with E-state index >= 15 is 0 Å². The van der Waals surface area contributed by atoms with Gasteiger partial charge in [0, 0.05) is 25.2 Å². The fourth-order valence-electron chi connectivity index (χ4n) is 2.75. The number of rotatable bonds is 5. The maximum absolute atomic E-state index is 13.2. The molecule has 2 unspecified atom stereocenters. The second kappa shape index (κ2) is 7.54. The summed E-state index contributed by atoms with van der Waals surface area (Å²) in [6, 6.07) is 5.62. The topological polar surface area (TPSA) is 24.5 Å². The molecular weight excluding hydrogens is 291 g/mol. The van der Waals surface area contributed by atoms with Crippen molar-refractivity contribution in [2.75, 3.05) is 26.7 Å². The van der Waals surface area contributed by atoms with E-state index in [4.69, 9.17) is 16.3 Å². The molecule has 0 aromatic heterocycles. The van der Waals surface area contributed by atoms with E-state index in [1.165, 1.54) is 6.07 Å². The summed E-state index contributed by atoms with van der Waals surface area (Å²) in [7, 11) is 1.94. The second-order valence-corrected chi connectivity index (χ2v) is 6.25. The summed E-state index contributed by atoms with van der Waals surface area (Å²) in [5.74, 6) is -0.374. The summed E-state index contributed by atoms with van der Waals surface area (Å²) in [5.41, 5.74) is 1.02. The van der Waals surface area contributed by atoms with Crippen molar-refractivity contribution < 1.29 is 9.13 Å². The second-order valence-electron chi connectivity index (χ2n) is 5.85. The van der Waals surface area contributed by atoms with E-state index in [1.54, 1.807) is 12.1 Å². The molecule has 0 amide bonds. The van der Waals surface area contributed by atoms with Gasteiger partial charge in [-0.25, -0.2) is 4.39 Å². The van der Waals surface area contributed by atoms with Gasteiger partial charge in [0.25, 0.3) is 0 Å². The number of morpholine rings is 1. The normalized spacial score (nSPS) is 21.7. The Bertz CT molecular complexity index is 470. The highest BCUT2D eigenvalue weighted by Gasteiger charge is 2.28. The summed E-state index contributed by atoms with van der Waals surface area (Å²) < 4.78 is 19.2. The molecular formula is C16H24ClFN2O. The molecule has 1 heterocycles.